The molecule has 2 unspecified atom stereocenters. The lowest BCUT2D eigenvalue weighted by Crippen LogP contribution is -2.24. The Morgan fingerprint density at radius 3 is 2.81 bits per heavy atom. The molecule has 2 atom stereocenters. The van der Waals surface area contributed by atoms with E-state index in [0.29, 0.717) is 16.9 Å². The zero-order valence-corrected chi connectivity index (χ0v) is 13.3. The van der Waals surface area contributed by atoms with Crippen molar-refractivity contribution in [3.8, 4) is 0 Å². The van der Waals surface area contributed by atoms with Gasteiger partial charge < -0.3 is 9.84 Å². The van der Waals surface area contributed by atoms with E-state index in [2.05, 4.69) is 13.8 Å². The first-order chi connectivity index (χ1) is 9.94. The van der Waals surface area contributed by atoms with Crippen LogP contribution in [0.4, 0.5) is 0 Å². The normalized spacial score (nSPS) is 22.6. The molecule has 2 rings (SSSR count). The second kappa shape index (κ2) is 6.61. The second-order valence-corrected chi connectivity index (χ2v) is 6.74. The maximum Gasteiger partial charge on any atom is 0.339 e. The van der Waals surface area contributed by atoms with E-state index in [1.165, 1.54) is 12.8 Å². The quantitative estimate of drug-likeness (QED) is 0.854. The summed E-state index contributed by atoms with van der Waals surface area (Å²) in [5, 5.41) is 10.3. The predicted molar refractivity (Wildman–Crippen MR) is 83.0 cm³/mol. The maximum atomic E-state index is 11.8. The lowest BCUT2D eigenvalue weighted by Gasteiger charge is -2.36. The van der Waals surface area contributed by atoms with Crippen LogP contribution in [-0.2, 0) is 9.53 Å². The Hall–Kier alpha value is -1.35. The molecule has 0 aliphatic heterocycles. The third-order valence-electron chi connectivity index (χ3n) is 4.45. The molecule has 3 nitrogen and oxygen atoms in total. The van der Waals surface area contributed by atoms with Crippen molar-refractivity contribution in [2.45, 2.75) is 58.5 Å². The van der Waals surface area contributed by atoms with Crippen LogP contribution in [0.1, 0.15) is 69.6 Å². The van der Waals surface area contributed by atoms with Crippen molar-refractivity contribution in [2.75, 3.05) is 6.61 Å². The highest BCUT2D eigenvalue weighted by Crippen LogP contribution is 2.44. The Morgan fingerprint density at radius 2 is 2.14 bits per heavy atom. The summed E-state index contributed by atoms with van der Waals surface area (Å²) in [6, 6.07) is 7.75. The lowest BCUT2D eigenvalue weighted by atomic mass is 9.69. The van der Waals surface area contributed by atoms with Crippen LogP contribution in [0.5, 0.6) is 0 Å². The van der Waals surface area contributed by atoms with Crippen LogP contribution in [0.15, 0.2) is 24.3 Å². The van der Waals surface area contributed by atoms with Gasteiger partial charge in [0.15, 0.2) is 6.10 Å². The van der Waals surface area contributed by atoms with Gasteiger partial charge in [0.25, 0.3) is 0 Å². The molecule has 0 saturated heterocycles. The SMILES string of the molecule is CCOC(=O)C(O)c1ccccc1C1CCCC(C)(C)C1. The number of aliphatic hydroxyl groups excluding tert-OH is 1. The van der Waals surface area contributed by atoms with Crippen molar-refractivity contribution in [2.24, 2.45) is 5.41 Å². The Morgan fingerprint density at radius 1 is 1.43 bits per heavy atom. The van der Waals surface area contributed by atoms with Gasteiger partial charge in [0.05, 0.1) is 6.61 Å². The number of hydrogen-bond acceptors (Lipinski definition) is 3. The Labute approximate surface area is 127 Å². The number of hydrogen-bond donors (Lipinski definition) is 1. The molecular weight excluding hydrogens is 264 g/mol. The monoisotopic (exact) mass is 290 g/mol. The fraction of sp³-hybridized carbons (Fsp3) is 0.611. The molecule has 0 amide bonds. The fourth-order valence-electron chi connectivity index (χ4n) is 3.44. The standard InChI is InChI=1S/C18H26O3/c1-4-21-17(20)16(19)15-10-6-5-9-14(15)13-8-7-11-18(2,3)12-13/h5-6,9-10,13,16,19H,4,7-8,11-12H2,1-3H3. The van der Waals surface area contributed by atoms with Gasteiger partial charge in [-0.1, -0.05) is 44.5 Å². The topological polar surface area (TPSA) is 46.5 Å². The highest BCUT2D eigenvalue weighted by Gasteiger charge is 2.32. The zero-order valence-electron chi connectivity index (χ0n) is 13.3. The second-order valence-electron chi connectivity index (χ2n) is 6.74. The van der Waals surface area contributed by atoms with Gasteiger partial charge in [0, 0.05) is 0 Å². The average molecular weight is 290 g/mol. The smallest absolute Gasteiger partial charge is 0.339 e. The van der Waals surface area contributed by atoms with E-state index >= 15 is 0 Å². The average Bonchev–Trinajstić information content (AvgIpc) is 2.45. The van der Waals surface area contributed by atoms with E-state index in [-0.39, 0.29) is 6.61 Å². The molecule has 1 aliphatic carbocycles. The van der Waals surface area contributed by atoms with Gasteiger partial charge >= 0.3 is 5.97 Å². The molecule has 1 aliphatic rings. The fourth-order valence-corrected chi connectivity index (χ4v) is 3.44. The third-order valence-corrected chi connectivity index (χ3v) is 4.45. The number of carbonyl (C=O) groups is 1. The van der Waals surface area contributed by atoms with Crippen LogP contribution in [0.25, 0.3) is 0 Å². The molecule has 1 fully saturated rings. The van der Waals surface area contributed by atoms with Gasteiger partial charge in [-0.25, -0.2) is 4.79 Å². The van der Waals surface area contributed by atoms with Gasteiger partial charge in [-0.2, -0.15) is 0 Å². The van der Waals surface area contributed by atoms with Crippen LogP contribution in [0, 0.1) is 5.41 Å². The molecule has 21 heavy (non-hydrogen) atoms. The van der Waals surface area contributed by atoms with E-state index in [0.717, 1.165) is 18.4 Å². The number of rotatable bonds is 4. The van der Waals surface area contributed by atoms with E-state index in [4.69, 9.17) is 4.74 Å². The van der Waals surface area contributed by atoms with Crippen molar-refractivity contribution in [1.29, 1.82) is 0 Å². The summed E-state index contributed by atoms with van der Waals surface area (Å²) in [4.78, 5) is 11.8. The van der Waals surface area contributed by atoms with Crippen LogP contribution in [0.2, 0.25) is 0 Å². The Balaban J connectivity index is 2.26. The Kier molecular flexibility index (Phi) is 5.04. The van der Waals surface area contributed by atoms with Crippen LogP contribution in [-0.4, -0.2) is 17.7 Å². The molecule has 1 saturated carbocycles. The van der Waals surface area contributed by atoms with Gasteiger partial charge in [-0.05, 0) is 48.6 Å². The maximum absolute atomic E-state index is 11.8. The highest BCUT2D eigenvalue weighted by atomic mass is 16.5. The third kappa shape index (κ3) is 3.85. The van der Waals surface area contributed by atoms with Crippen molar-refractivity contribution in [1.82, 2.24) is 0 Å². The van der Waals surface area contributed by atoms with Gasteiger partial charge in [0.2, 0.25) is 0 Å². The summed E-state index contributed by atoms with van der Waals surface area (Å²) < 4.78 is 4.95. The molecule has 0 spiro atoms. The minimum absolute atomic E-state index is 0.286. The van der Waals surface area contributed by atoms with E-state index in [1.54, 1.807) is 6.92 Å². The molecule has 1 aromatic rings. The minimum Gasteiger partial charge on any atom is -0.464 e. The molecule has 1 N–H and O–H groups in total. The number of esters is 1. The minimum atomic E-state index is -1.17. The predicted octanol–water partition coefficient (Wildman–Crippen LogP) is 3.97. The van der Waals surface area contributed by atoms with Crippen LogP contribution >= 0.6 is 0 Å². The largest absolute Gasteiger partial charge is 0.464 e. The molecule has 0 bridgehead atoms. The van der Waals surface area contributed by atoms with Crippen LogP contribution in [0.3, 0.4) is 0 Å². The molecular formula is C18H26O3. The molecule has 1 aromatic carbocycles. The van der Waals surface area contributed by atoms with E-state index in [9.17, 15) is 9.90 Å². The van der Waals surface area contributed by atoms with Crippen LogP contribution < -0.4 is 0 Å². The van der Waals surface area contributed by atoms with Crippen molar-refractivity contribution < 1.29 is 14.6 Å². The molecule has 0 heterocycles. The van der Waals surface area contributed by atoms with Gasteiger partial charge in [-0.15, -0.1) is 0 Å². The van der Waals surface area contributed by atoms with Crippen molar-refractivity contribution >= 4 is 5.97 Å². The summed E-state index contributed by atoms with van der Waals surface area (Å²) in [6.07, 6.45) is 3.48. The number of carbonyl (C=O) groups excluding carboxylic acids is 1. The molecule has 116 valence electrons. The summed E-state index contributed by atoms with van der Waals surface area (Å²) in [6.45, 7) is 6.63. The van der Waals surface area contributed by atoms with E-state index < -0.39 is 12.1 Å². The highest BCUT2D eigenvalue weighted by molar-refractivity contribution is 5.76. The van der Waals surface area contributed by atoms with Gasteiger partial charge in [-0.3, -0.25) is 0 Å². The first-order valence-electron chi connectivity index (χ1n) is 7.88. The van der Waals surface area contributed by atoms with E-state index in [1.807, 2.05) is 24.3 Å². The lowest BCUT2D eigenvalue weighted by molar-refractivity contribution is -0.153. The summed E-state index contributed by atoms with van der Waals surface area (Å²) in [5.41, 5.74) is 2.13. The number of ether oxygens (including phenoxy) is 1. The number of benzene rings is 1. The first kappa shape index (κ1) is 16.0. The van der Waals surface area contributed by atoms with Gasteiger partial charge in [0.1, 0.15) is 0 Å². The Bertz CT molecular complexity index is 493. The number of aliphatic hydroxyl groups is 1. The molecule has 0 aromatic heterocycles. The molecule has 3 heteroatoms. The molecule has 0 radical (unpaired) electrons. The summed E-state index contributed by atoms with van der Waals surface area (Å²) in [7, 11) is 0. The summed E-state index contributed by atoms with van der Waals surface area (Å²) in [5.74, 6) is -0.144. The zero-order chi connectivity index (χ0) is 15.5. The summed E-state index contributed by atoms with van der Waals surface area (Å²) >= 11 is 0. The van der Waals surface area contributed by atoms with Crippen molar-refractivity contribution in [3.63, 3.8) is 0 Å². The first-order valence-corrected chi connectivity index (χ1v) is 7.88. The van der Waals surface area contributed by atoms with Crippen molar-refractivity contribution in [3.05, 3.63) is 35.4 Å².